The van der Waals surface area contributed by atoms with Gasteiger partial charge in [-0.3, -0.25) is 9.58 Å². The van der Waals surface area contributed by atoms with Crippen LogP contribution in [-0.2, 0) is 6.54 Å². The zero-order valence-electron chi connectivity index (χ0n) is 11.9. The van der Waals surface area contributed by atoms with Crippen molar-refractivity contribution >= 4 is 17.2 Å². The molecular weight excluding hydrogens is 256 g/mol. The molecule has 0 saturated carbocycles. The van der Waals surface area contributed by atoms with Crippen LogP contribution in [0.5, 0.6) is 0 Å². The first kappa shape index (κ1) is 14.5. The molecule has 1 unspecified atom stereocenters. The van der Waals surface area contributed by atoms with Gasteiger partial charge in [0, 0.05) is 12.7 Å². The van der Waals surface area contributed by atoms with E-state index in [1.54, 1.807) is 0 Å². The lowest BCUT2D eigenvalue weighted by atomic mass is 10.2. The van der Waals surface area contributed by atoms with E-state index in [4.69, 9.17) is 23.1 Å². The van der Waals surface area contributed by atoms with Gasteiger partial charge in [0.05, 0.1) is 22.8 Å². The Kier molecular flexibility index (Phi) is 4.93. The number of rotatable bonds is 6. The van der Waals surface area contributed by atoms with Gasteiger partial charge in [0.1, 0.15) is 0 Å². The fraction of sp³-hybridized carbons (Fsp3) is 0.714. The molecule has 1 saturated heterocycles. The van der Waals surface area contributed by atoms with Crippen LogP contribution >= 0.6 is 12.2 Å². The molecule has 0 aliphatic carbocycles. The summed E-state index contributed by atoms with van der Waals surface area (Å²) in [6, 6.07) is 2.89. The molecule has 1 fully saturated rings. The van der Waals surface area contributed by atoms with E-state index in [9.17, 15) is 0 Å². The van der Waals surface area contributed by atoms with Crippen LogP contribution in [0.15, 0.2) is 12.3 Å². The van der Waals surface area contributed by atoms with Crippen molar-refractivity contribution in [1.82, 2.24) is 14.7 Å². The Morgan fingerprint density at radius 1 is 1.53 bits per heavy atom. The van der Waals surface area contributed by atoms with Crippen molar-refractivity contribution in [3.63, 3.8) is 0 Å². The number of nitrogens with zero attached hydrogens (tertiary/aromatic N) is 3. The molecule has 4 nitrogen and oxygen atoms in total. The van der Waals surface area contributed by atoms with E-state index >= 15 is 0 Å². The van der Waals surface area contributed by atoms with Crippen molar-refractivity contribution in [2.24, 2.45) is 5.73 Å². The summed E-state index contributed by atoms with van der Waals surface area (Å²) in [4.78, 5) is 2.97. The Morgan fingerprint density at radius 2 is 2.26 bits per heavy atom. The summed E-state index contributed by atoms with van der Waals surface area (Å²) in [5.74, 6) is 0. The highest BCUT2D eigenvalue weighted by molar-refractivity contribution is 7.80. The molecule has 1 aromatic heterocycles. The maximum absolute atomic E-state index is 5.80. The van der Waals surface area contributed by atoms with Crippen LogP contribution in [0.25, 0.3) is 0 Å². The van der Waals surface area contributed by atoms with E-state index in [1.807, 2.05) is 0 Å². The predicted octanol–water partition coefficient (Wildman–Crippen LogP) is 2.49. The Balaban J connectivity index is 2.01. The third-order valence-corrected chi connectivity index (χ3v) is 4.31. The average Bonchev–Trinajstić information content (AvgIpc) is 3.01. The summed E-state index contributed by atoms with van der Waals surface area (Å²) < 4.78 is 2.10. The summed E-state index contributed by atoms with van der Waals surface area (Å²) in [6.45, 7) is 6.34. The van der Waals surface area contributed by atoms with Crippen LogP contribution in [-0.4, -0.2) is 32.3 Å². The van der Waals surface area contributed by atoms with Crippen LogP contribution in [0.1, 0.15) is 51.3 Å². The minimum Gasteiger partial charge on any atom is -0.392 e. The molecule has 2 N–H and O–H groups in total. The molecule has 2 rings (SSSR count). The summed E-state index contributed by atoms with van der Waals surface area (Å²) in [5, 5.41) is 4.70. The van der Waals surface area contributed by atoms with E-state index in [1.165, 1.54) is 6.42 Å². The van der Waals surface area contributed by atoms with E-state index in [0.29, 0.717) is 11.0 Å². The van der Waals surface area contributed by atoms with Gasteiger partial charge in [0.15, 0.2) is 0 Å². The first-order chi connectivity index (χ1) is 9.15. The quantitative estimate of drug-likeness (QED) is 0.813. The largest absolute Gasteiger partial charge is 0.392 e. The van der Waals surface area contributed by atoms with Crippen molar-refractivity contribution in [3.8, 4) is 0 Å². The summed E-state index contributed by atoms with van der Waals surface area (Å²) in [6.07, 6.45) is 6.60. The molecular formula is C14H24N4S. The molecule has 0 amide bonds. The molecule has 1 aliphatic heterocycles. The highest BCUT2D eigenvalue weighted by atomic mass is 32.1. The summed E-state index contributed by atoms with van der Waals surface area (Å²) in [7, 11) is 0. The van der Waals surface area contributed by atoms with Crippen LogP contribution in [0.4, 0.5) is 0 Å². The summed E-state index contributed by atoms with van der Waals surface area (Å²) >= 11 is 5.14. The second kappa shape index (κ2) is 6.48. The van der Waals surface area contributed by atoms with Crippen molar-refractivity contribution in [1.29, 1.82) is 0 Å². The second-order valence-corrected chi connectivity index (χ2v) is 5.76. The molecule has 0 radical (unpaired) electrons. The van der Waals surface area contributed by atoms with Gasteiger partial charge in [0.25, 0.3) is 0 Å². The Hall–Kier alpha value is -0.940. The van der Waals surface area contributed by atoms with Crippen LogP contribution in [0.2, 0.25) is 0 Å². The minimum absolute atomic E-state index is 0.258. The third-order valence-electron chi connectivity index (χ3n) is 4.04. The fourth-order valence-electron chi connectivity index (χ4n) is 2.87. The van der Waals surface area contributed by atoms with E-state index in [2.05, 4.69) is 35.7 Å². The smallest absolute Gasteiger partial charge is 0.0902 e. The van der Waals surface area contributed by atoms with Gasteiger partial charge in [0.2, 0.25) is 0 Å². The Bertz CT molecular complexity index is 425. The van der Waals surface area contributed by atoms with Crippen LogP contribution in [0, 0.1) is 0 Å². The molecule has 0 aromatic carbocycles. The van der Waals surface area contributed by atoms with E-state index in [0.717, 1.165) is 38.0 Å². The topological polar surface area (TPSA) is 47.1 Å². The minimum atomic E-state index is 0.258. The molecule has 0 bridgehead atoms. The number of nitrogens with two attached hydrogens (primary N) is 1. The Labute approximate surface area is 121 Å². The molecule has 5 heteroatoms. The SMILES string of the molecule is CCC(CC)n1ccc(CN2CCCC2C(N)=S)n1. The molecule has 2 heterocycles. The average molecular weight is 280 g/mol. The zero-order chi connectivity index (χ0) is 13.8. The lowest BCUT2D eigenvalue weighted by molar-refractivity contribution is 0.289. The van der Waals surface area contributed by atoms with Crippen LogP contribution in [0.3, 0.4) is 0 Å². The highest BCUT2D eigenvalue weighted by Gasteiger charge is 2.27. The lowest BCUT2D eigenvalue weighted by Gasteiger charge is -2.22. The molecule has 1 aromatic rings. The fourth-order valence-corrected chi connectivity index (χ4v) is 3.14. The number of likely N-dealkylation sites (tertiary alicyclic amines) is 1. The zero-order valence-corrected chi connectivity index (χ0v) is 12.7. The van der Waals surface area contributed by atoms with Gasteiger partial charge in [-0.1, -0.05) is 26.1 Å². The van der Waals surface area contributed by atoms with Crippen LogP contribution < -0.4 is 5.73 Å². The normalized spacial score (nSPS) is 20.3. The van der Waals surface area contributed by atoms with E-state index in [-0.39, 0.29) is 6.04 Å². The number of aromatic nitrogens is 2. The van der Waals surface area contributed by atoms with Gasteiger partial charge in [-0.05, 0) is 38.3 Å². The molecule has 106 valence electrons. The Morgan fingerprint density at radius 3 is 2.89 bits per heavy atom. The summed E-state index contributed by atoms with van der Waals surface area (Å²) in [5.41, 5.74) is 6.92. The predicted molar refractivity (Wildman–Crippen MR) is 82.1 cm³/mol. The number of thiocarbonyl (C=S) groups is 1. The van der Waals surface area contributed by atoms with Gasteiger partial charge in [-0.25, -0.2) is 0 Å². The standard InChI is InChI=1S/C14H24N4S/c1-3-12(4-2)18-9-7-11(16-18)10-17-8-5-6-13(17)14(15)19/h7,9,12-13H,3-6,8,10H2,1-2H3,(H2,15,19). The first-order valence-electron chi connectivity index (χ1n) is 7.23. The molecule has 19 heavy (non-hydrogen) atoms. The van der Waals surface area contributed by atoms with Crippen molar-refractivity contribution in [2.45, 2.75) is 58.2 Å². The highest BCUT2D eigenvalue weighted by Crippen LogP contribution is 2.21. The molecule has 0 spiro atoms. The third kappa shape index (κ3) is 3.34. The number of hydrogen-bond donors (Lipinski definition) is 1. The van der Waals surface area contributed by atoms with Gasteiger partial charge in [-0.2, -0.15) is 5.10 Å². The monoisotopic (exact) mass is 280 g/mol. The first-order valence-corrected chi connectivity index (χ1v) is 7.63. The second-order valence-electron chi connectivity index (χ2n) is 5.29. The van der Waals surface area contributed by atoms with Crippen molar-refractivity contribution < 1.29 is 0 Å². The van der Waals surface area contributed by atoms with Crippen molar-refractivity contribution in [2.75, 3.05) is 6.54 Å². The number of hydrogen-bond acceptors (Lipinski definition) is 3. The maximum Gasteiger partial charge on any atom is 0.0902 e. The van der Waals surface area contributed by atoms with E-state index < -0.39 is 0 Å². The van der Waals surface area contributed by atoms with Gasteiger partial charge < -0.3 is 5.73 Å². The maximum atomic E-state index is 5.80. The molecule has 1 atom stereocenters. The molecule has 1 aliphatic rings. The van der Waals surface area contributed by atoms with Crippen molar-refractivity contribution in [3.05, 3.63) is 18.0 Å². The lowest BCUT2D eigenvalue weighted by Crippen LogP contribution is -2.38. The van der Waals surface area contributed by atoms with Gasteiger partial charge >= 0.3 is 0 Å². The van der Waals surface area contributed by atoms with Gasteiger partial charge in [-0.15, -0.1) is 0 Å².